The number of hydrogen-bond donors (Lipinski definition) is 1. The van der Waals surface area contributed by atoms with E-state index in [9.17, 15) is 0 Å². The lowest BCUT2D eigenvalue weighted by atomic mass is 10.0. The van der Waals surface area contributed by atoms with E-state index in [1.165, 1.54) is 5.56 Å². The summed E-state index contributed by atoms with van der Waals surface area (Å²) >= 11 is 0. The van der Waals surface area contributed by atoms with Gasteiger partial charge in [0, 0.05) is 12.5 Å². The summed E-state index contributed by atoms with van der Waals surface area (Å²) in [5.41, 5.74) is 8.22. The molecule has 0 aliphatic carbocycles. The molecule has 0 fully saturated rings. The van der Waals surface area contributed by atoms with E-state index in [4.69, 9.17) is 12.2 Å². The van der Waals surface area contributed by atoms with Crippen molar-refractivity contribution in [3.63, 3.8) is 0 Å². The molecule has 0 aliphatic heterocycles. The fourth-order valence-corrected chi connectivity index (χ4v) is 1.24. The van der Waals surface area contributed by atoms with Crippen LogP contribution < -0.4 is 5.73 Å². The van der Waals surface area contributed by atoms with Crippen molar-refractivity contribution in [2.45, 2.75) is 19.4 Å². The lowest BCUT2D eigenvalue weighted by Gasteiger charge is -2.10. The summed E-state index contributed by atoms with van der Waals surface area (Å²) in [6, 6.07) is 8.04. The first kappa shape index (κ1) is 8.83. The predicted molar refractivity (Wildman–Crippen MR) is 51.6 cm³/mol. The van der Waals surface area contributed by atoms with Gasteiger partial charge in [0.25, 0.3) is 0 Å². The molecular formula is C11H13N. The van der Waals surface area contributed by atoms with Gasteiger partial charge >= 0.3 is 0 Å². The second-order valence-corrected chi connectivity index (χ2v) is 2.87. The van der Waals surface area contributed by atoms with Gasteiger partial charge < -0.3 is 5.73 Å². The Bertz CT molecular complexity index is 296. The van der Waals surface area contributed by atoms with E-state index in [-0.39, 0.29) is 6.04 Å². The van der Waals surface area contributed by atoms with Crippen LogP contribution in [-0.2, 0) is 0 Å². The van der Waals surface area contributed by atoms with Gasteiger partial charge in [-0.2, -0.15) is 0 Å². The predicted octanol–water partition coefficient (Wildman–Crippen LogP) is 2.02. The highest BCUT2D eigenvalue weighted by atomic mass is 14.6. The van der Waals surface area contributed by atoms with Crippen molar-refractivity contribution in [3.05, 3.63) is 35.4 Å². The van der Waals surface area contributed by atoms with E-state index in [1.807, 2.05) is 31.2 Å². The molecule has 0 radical (unpaired) electrons. The van der Waals surface area contributed by atoms with E-state index >= 15 is 0 Å². The highest BCUT2D eigenvalue weighted by Crippen LogP contribution is 2.16. The van der Waals surface area contributed by atoms with Crippen LogP contribution >= 0.6 is 0 Å². The molecule has 1 atom stereocenters. The first-order valence-electron chi connectivity index (χ1n) is 4.00. The maximum atomic E-state index is 5.86. The van der Waals surface area contributed by atoms with Crippen LogP contribution in [-0.4, -0.2) is 0 Å². The zero-order chi connectivity index (χ0) is 8.97. The molecule has 1 aromatic rings. The quantitative estimate of drug-likeness (QED) is 0.656. The lowest BCUT2D eigenvalue weighted by molar-refractivity contribution is 0.748. The fraction of sp³-hybridized carbons (Fsp3) is 0.273. The van der Waals surface area contributed by atoms with Crippen LogP contribution in [0.4, 0.5) is 0 Å². The number of benzene rings is 1. The molecule has 0 saturated carbocycles. The molecule has 1 heteroatoms. The zero-order valence-corrected chi connectivity index (χ0v) is 7.25. The smallest absolute Gasteiger partial charge is 0.0408 e. The molecule has 12 heavy (non-hydrogen) atoms. The van der Waals surface area contributed by atoms with Gasteiger partial charge in [0.15, 0.2) is 0 Å². The highest BCUT2D eigenvalue weighted by molar-refractivity contribution is 5.29. The van der Waals surface area contributed by atoms with Crippen molar-refractivity contribution in [2.75, 3.05) is 0 Å². The second-order valence-electron chi connectivity index (χ2n) is 2.87. The molecule has 0 amide bonds. The Kier molecular flexibility index (Phi) is 2.90. The summed E-state index contributed by atoms with van der Waals surface area (Å²) < 4.78 is 0. The first-order valence-corrected chi connectivity index (χ1v) is 4.00. The standard InChI is InChI=1S/C11H13N/c1-3-6-11(12)10-8-5-4-7-9(10)2/h1,4-5,7-8,11H,6,12H2,2H3. The van der Waals surface area contributed by atoms with Gasteiger partial charge in [-0.15, -0.1) is 12.3 Å². The summed E-state index contributed by atoms with van der Waals surface area (Å²) in [7, 11) is 0. The van der Waals surface area contributed by atoms with E-state index in [0.717, 1.165) is 5.56 Å². The summed E-state index contributed by atoms with van der Waals surface area (Å²) in [4.78, 5) is 0. The van der Waals surface area contributed by atoms with Crippen molar-refractivity contribution < 1.29 is 0 Å². The van der Waals surface area contributed by atoms with E-state index < -0.39 is 0 Å². The van der Waals surface area contributed by atoms with Gasteiger partial charge in [-0.25, -0.2) is 0 Å². The molecule has 1 rings (SSSR count). The number of aryl methyl sites for hydroxylation is 1. The van der Waals surface area contributed by atoms with Crippen molar-refractivity contribution in [2.24, 2.45) is 5.73 Å². The minimum atomic E-state index is -0.0174. The van der Waals surface area contributed by atoms with Crippen molar-refractivity contribution in [1.82, 2.24) is 0 Å². The molecule has 1 unspecified atom stereocenters. The number of terminal acetylenes is 1. The Morgan fingerprint density at radius 1 is 1.50 bits per heavy atom. The van der Waals surface area contributed by atoms with Crippen LogP contribution in [0.15, 0.2) is 24.3 Å². The van der Waals surface area contributed by atoms with Gasteiger partial charge in [0.05, 0.1) is 0 Å². The maximum absolute atomic E-state index is 5.86. The van der Waals surface area contributed by atoms with Crippen LogP contribution in [0, 0.1) is 19.3 Å². The Morgan fingerprint density at radius 2 is 2.17 bits per heavy atom. The van der Waals surface area contributed by atoms with Gasteiger partial charge in [0.1, 0.15) is 0 Å². The van der Waals surface area contributed by atoms with Crippen molar-refractivity contribution in [3.8, 4) is 12.3 Å². The molecule has 0 aromatic heterocycles. The van der Waals surface area contributed by atoms with Gasteiger partial charge in [-0.05, 0) is 18.1 Å². The molecular weight excluding hydrogens is 146 g/mol. The van der Waals surface area contributed by atoms with Crippen LogP contribution in [0.25, 0.3) is 0 Å². The third kappa shape index (κ3) is 1.87. The van der Waals surface area contributed by atoms with Crippen LogP contribution in [0.2, 0.25) is 0 Å². The van der Waals surface area contributed by atoms with Crippen LogP contribution in [0.5, 0.6) is 0 Å². The van der Waals surface area contributed by atoms with E-state index in [0.29, 0.717) is 6.42 Å². The molecule has 1 nitrogen and oxygen atoms in total. The zero-order valence-electron chi connectivity index (χ0n) is 7.25. The molecule has 0 saturated heterocycles. The summed E-state index contributed by atoms with van der Waals surface area (Å²) in [6.07, 6.45) is 5.79. The second kappa shape index (κ2) is 3.94. The Hall–Kier alpha value is -1.26. The molecule has 1 aromatic carbocycles. The highest BCUT2D eigenvalue weighted by Gasteiger charge is 2.05. The van der Waals surface area contributed by atoms with Crippen LogP contribution in [0.1, 0.15) is 23.6 Å². The fourth-order valence-electron chi connectivity index (χ4n) is 1.24. The minimum Gasteiger partial charge on any atom is -0.323 e. The number of rotatable bonds is 2. The van der Waals surface area contributed by atoms with Crippen molar-refractivity contribution in [1.29, 1.82) is 0 Å². The van der Waals surface area contributed by atoms with Crippen LogP contribution in [0.3, 0.4) is 0 Å². The molecule has 0 spiro atoms. The Labute approximate surface area is 73.6 Å². The Balaban J connectivity index is 2.88. The molecule has 2 N–H and O–H groups in total. The summed E-state index contributed by atoms with van der Waals surface area (Å²) in [6.45, 7) is 2.05. The third-order valence-electron chi connectivity index (χ3n) is 1.93. The molecule has 62 valence electrons. The third-order valence-corrected chi connectivity index (χ3v) is 1.93. The minimum absolute atomic E-state index is 0.0174. The topological polar surface area (TPSA) is 26.0 Å². The summed E-state index contributed by atoms with van der Waals surface area (Å²) in [5.74, 6) is 2.57. The first-order chi connectivity index (χ1) is 5.75. The average molecular weight is 159 g/mol. The molecule has 0 heterocycles. The van der Waals surface area contributed by atoms with Gasteiger partial charge in [0.2, 0.25) is 0 Å². The normalized spacial score (nSPS) is 12.1. The largest absolute Gasteiger partial charge is 0.323 e. The Morgan fingerprint density at radius 3 is 2.75 bits per heavy atom. The molecule has 0 aliphatic rings. The maximum Gasteiger partial charge on any atom is 0.0408 e. The van der Waals surface area contributed by atoms with Gasteiger partial charge in [-0.1, -0.05) is 24.3 Å². The number of hydrogen-bond acceptors (Lipinski definition) is 1. The monoisotopic (exact) mass is 159 g/mol. The van der Waals surface area contributed by atoms with E-state index in [2.05, 4.69) is 5.92 Å². The van der Waals surface area contributed by atoms with Gasteiger partial charge in [-0.3, -0.25) is 0 Å². The van der Waals surface area contributed by atoms with E-state index in [1.54, 1.807) is 0 Å². The summed E-state index contributed by atoms with van der Waals surface area (Å²) in [5, 5.41) is 0. The number of nitrogens with two attached hydrogens (primary N) is 1. The molecule has 0 bridgehead atoms. The average Bonchev–Trinajstić information content (AvgIpc) is 2.05. The lowest BCUT2D eigenvalue weighted by Crippen LogP contribution is -2.10. The van der Waals surface area contributed by atoms with Crippen molar-refractivity contribution >= 4 is 0 Å². The SMILES string of the molecule is C#CCC(N)c1ccccc1C.